The van der Waals surface area contributed by atoms with Gasteiger partial charge in [-0.25, -0.2) is 0 Å². The molecule has 0 unspecified atom stereocenters. The van der Waals surface area contributed by atoms with Crippen LogP contribution in [0.1, 0.15) is 19.8 Å². The van der Waals surface area contributed by atoms with Crippen LogP contribution in [0.2, 0.25) is 0 Å². The van der Waals surface area contributed by atoms with Crippen LogP contribution in [-0.2, 0) is 4.79 Å². The first-order valence-corrected chi connectivity index (χ1v) is 4.42. The third kappa shape index (κ3) is 2.37. The van der Waals surface area contributed by atoms with Gasteiger partial charge in [0.25, 0.3) is 0 Å². The Morgan fingerprint density at radius 3 is 2.43 bits per heavy atom. The highest BCUT2D eigenvalue weighted by atomic mass is 19.4. The van der Waals surface area contributed by atoms with Gasteiger partial charge in [0.2, 0.25) is 5.91 Å². The van der Waals surface area contributed by atoms with Crippen LogP contribution in [0.3, 0.4) is 0 Å². The molecule has 1 rings (SSSR count). The summed E-state index contributed by atoms with van der Waals surface area (Å²) < 4.78 is 37.3. The summed E-state index contributed by atoms with van der Waals surface area (Å²) in [6, 6.07) is -1.99. The minimum absolute atomic E-state index is 0.000486. The van der Waals surface area contributed by atoms with Crippen molar-refractivity contribution in [1.82, 2.24) is 4.90 Å². The lowest BCUT2D eigenvalue weighted by molar-refractivity contribution is -0.196. The second kappa shape index (κ2) is 3.76. The largest absolute Gasteiger partial charge is 0.408 e. The topological polar surface area (TPSA) is 46.3 Å². The average molecular weight is 210 g/mol. The monoisotopic (exact) mass is 210 g/mol. The Kier molecular flexibility index (Phi) is 3.04. The van der Waals surface area contributed by atoms with E-state index in [0.29, 0.717) is 6.42 Å². The number of piperidine rings is 1. The third-order valence-electron chi connectivity index (χ3n) is 2.40. The summed E-state index contributed by atoms with van der Waals surface area (Å²) >= 11 is 0. The highest BCUT2D eigenvalue weighted by Gasteiger charge is 2.46. The molecule has 2 atom stereocenters. The van der Waals surface area contributed by atoms with E-state index in [1.165, 1.54) is 0 Å². The average Bonchev–Trinajstić information content (AvgIpc) is 2.01. The first-order valence-electron chi connectivity index (χ1n) is 4.42. The van der Waals surface area contributed by atoms with Crippen LogP contribution in [0.25, 0.3) is 0 Å². The van der Waals surface area contributed by atoms with Crippen molar-refractivity contribution < 1.29 is 18.0 Å². The number of nitrogens with two attached hydrogens (primary N) is 1. The van der Waals surface area contributed by atoms with Gasteiger partial charge in [-0.2, -0.15) is 13.2 Å². The predicted octanol–water partition coefficient (Wildman–Crippen LogP) is 0.887. The molecule has 1 amide bonds. The fraction of sp³-hybridized carbons (Fsp3) is 0.875. The van der Waals surface area contributed by atoms with Gasteiger partial charge in [-0.1, -0.05) is 0 Å². The Bertz CT molecular complexity index is 229. The highest BCUT2D eigenvalue weighted by Crippen LogP contribution is 2.31. The zero-order chi connectivity index (χ0) is 10.9. The molecular formula is C8H13F3N2O. The Hall–Kier alpha value is -0.780. The zero-order valence-corrected chi connectivity index (χ0v) is 7.84. The lowest BCUT2D eigenvalue weighted by Crippen LogP contribution is -2.56. The maximum absolute atomic E-state index is 12.4. The van der Waals surface area contributed by atoms with Crippen molar-refractivity contribution in [1.29, 1.82) is 0 Å². The number of rotatable bonds is 0. The lowest BCUT2D eigenvalue weighted by Gasteiger charge is -2.38. The number of likely N-dealkylation sites (tertiary alicyclic amines) is 1. The van der Waals surface area contributed by atoms with Crippen LogP contribution in [0.5, 0.6) is 0 Å². The van der Waals surface area contributed by atoms with Gasteiger partial charge >= 0.3 is 6.18 Å². The Balaban J connectivity index is 2.78. The number of halogens is 3. The van der Waals surface area contributed by atoms with Crippen molar-refractivity contribution in [2.75, 3.05) is 6.54 Å². The molecule has 2 N–H and O–H groups in total. The summed E-state index contributed by atoms with van der Waals surface area (Å²) in [4.78, 5) is 11.8. The SMILES string of the molecule is CC(=O)N1C[C@@H](N)CC[C@@H]1C(F)(F)F. The zero-order valence-electron chi connectivity index (χ0n) is 7.84. The molecule has 0 aromatic carbocycles. The van der Waals surface area contributed by atoms with Crippen molar-refractivity contribution >= 4 is 5.91 Å². The molecule has 0 aliphatic carbocycles. The van der Waals surface area contributed by atoms with Gasteiger partial charge in [0.05, 0.1) is 0 Å². The van der Waals surface area contributed by atoms with Crippen LogP contribution in [-0.4, -0.2) is 35.6 Å². The van der Waals surface area contributed by atoms with E-state index in [0.717, 1.165) is 11.8 Å². The number of hydrogen-bond acceptors (Lipinski definition) is 2. The molecule has 1 fully saturated rings. The number of carbonyl (C=O) groups is 1. The Morgan fingerprint density at radius 2 is 2.00 bits per heavy atom. The van der Waals surface area contributed by atoms with Crippen molar-refractivity contribution in [3.63, 3.8) is 0 Å². The normalized spacial score (nSPS) is 29.1. The van der Waals surface area contributed by atoms with Crippen molar-refractivity contribution in [3.05, 3.63) is 0 Å². The van der Waals surface area contributed by atoms with Gasteiger partial charge in [0.15, 0.2) is 0 Å². The molecule has 14 heavy (non-hydrogen) atoms. The molecule has 0 saturated carbocycles. The smallest absolute Gasteiger partial charge is 0.329 e. The molecule has 6 heteroatoms. The Labute approximate surface area is 80.0 Å². The van der Waals surface area contributed by atoms with E-state index in [-0.39, 0.29) is 19.0 Å². The Morgan fingerprint density at radius 1 is 1.43 bits per heavy atom. The fourth-order valence-corrected chi connectivity index (χ4v) is 1.69. The number of nitrogens with zero attached hydrogens (tertiary/aromatic N) is 1. The summed E-state index contributed by atoms with van der Waals surface area (Å²) in [5.74, 6) is -0.567. The van der Waals surface area contributed by atoms with Gasteiger partial charge in [0, 0.05) is 19.5 Å². The summed E-state index contributed by atoms with van der Waals surface area (Å²) in [5.41, 5.74) is 5.51. The van der Waals surface area contributed by atoms with E-state index in [1.54, 1.807) is 0 Å². The minimum Gasteiger partial charge on any atom is -0.329 e. The lowest BCUT2D eigenvalue weighted by atomic mass is 9.98. The molecule has 3 nitrogen and oxygen atoms in total. The van der Waals surface area contributed by atoms with E-state index in [1.807, 2.05) is 0 Å². The second-order valence-electron chi connectivity index (χ2n) is 3.57. The molecule has 1 aliphatic heterocycles. The first-order chi connectivity index (χ1) is 6.32. The summed E-state index contributed by atoms with van der Waals surface area (Å²) in [6.07, 6.45) is -4.12. The molecule has 0 bridgehead atoms. The van der Waals surface area contributed by atoms with Crippen molar-refractivity contribution in [2.24, 2.45) is 5.73 Å². The van der Waals surface area contributed by atoms with Crippen LogP contribution >= 0.6 is 0 Å². The van der Waals surface area contributed by atoms with Gasteiger partial charge in [0.1, 0.15) is 6.04 Å². The molecule has 1 saturated heterocycles. The van der Waals surface area contributed by atoms with Crippen LogP contribution in [0.4, 0.5) is 13.2 Å². The second-order valence-corrected chi connectivity index (χ2v) is 3.57. The van der Waals surface area contributed by atoms with E-state index >= 15 is 0 Å². The fourth-order valence-electron chi connectivity index (χ4n) is 1.69. The summed E-state index contributed by atoms with van der Waals surface area (Å²) in [5, 5.41) is 0. The maximum Gasteiger partial charge on any atom is 0.408 e. The minimum atomic E-state index is -4.34. The van der Waals surface area contributed by atoms with Gasteiger partial charge < -0.3 is 10.6 Å². The number of alkyl halides is 3. The quantitative estimate of drug-likeness (QED) is 0.645. The highest BCUT2D eigenvalue weighted by molar-refractivity contribution is 5.73. The van der Waals surface area contributed by atoms with E-state index in [4.69, 9.17) is 5.73 Å². The molecule has 1 heterocycles. The van der Waals surface area contributed by atoms with Crippen LogP contribution in [0, 0.1) is 0 Å². The maximum atomic E-state index is 12.4. The number of amides is 1. The van der Waals surface area contributed by atoms with E-state index < -0.39 is 18.1 Å². The van der Waals surface area contributed by atoms with Gasteiger partial charge in [-0.05, 0) is 12.8 Å². The van der Waals surface area contributed by atoms with Crippen molar-refractivity contribution in [3.8, 4) is 0 Å². The standard InChI is InChI=1S/C8H13F3N2O/c1-5(14)13-4-6(12)2-3-7(13)8(9,10)11/h6-7H,2-4,12H2,1H3/t6-,7+/m0/s1. The molecule has 0 aromatic rings. The van der Waals surface area contributed by atoms with E-state index in [2.05, 4.69) is 0 Å². The first kappa shape index (κ1) is 11.3. The van der Waals surface area contributed by atoms with Crippen LogP contribution in [0.15, 0.2) is 0 Å². The van der Waals surface area contributed by atoms with Crippen LogP contribution < -0.4 is 5.73 Å². The van der Waals surface area contributed by atoms with E-state index in [9.17, 15) is 18.0 Å². The molecule has 0 spiro atoms. The summed E-state index contributed by atoms with van der Waals surface area (Å²) in [6.45, 7) is 1.14. The number of carbonyl (C=O) groups excluding carboxylic acids is 1. The van der Waals surface area contributed by atoms with Gasteiger partial charge in [-0.3, -0.25) is 4.79 Å². The molecular weight excluding hydrogens is 197 g/mol. The molecule has 1 aliphatic rings. The third-order valence-corrected chi connectivity index (χ3v) is 2.40. The molecule has 82 valence electrons. The van der Waals surface area contributed by atoms with Gasteiger partial charge in [-0.15, -0.1) is 0 Å². The molecule has 0 radical (unpaired) electrons. The predicted molar refractivity (Wildman–Crippen MR) is 44.4 cm³/mol. The number of hydrogen-bond donors (Lipinski definition) is 1. The molecule has 0 aromatic heterocycles. The van der Waals surface area contributed by atoms with Crippen molar-refractivity contribution in [2.45, 2.75) is 38.0 Å². The summed E-state index contributed by atoms with van der Waals surface area (Å²) in [7, 11) is 0.